The lowest BCUT2D eigenvalue weighted by molar-refractivity contribution is -0.129. The van der Waals surface area contributed by atoms with E-state index < -0.39 is 11.0 Å². The first kappa shape index (κ1) is 12.3. The highest BCUT2D eigenvalue weighted by Crippen LogP contribution is 2.18. The summed E-state index contributed by atoms with van der Waals surface area (Å²) in [5, 5.41) is 2.74. The van der Waals surface area contributed by atoms with Crippen molar-refractivity contribution in [2.24, 2.45) is 5.41 Å². The molecule has 0 bridgehead atoms. The molecule has 0 rings (SSSR count). The van der Waals surface area contributed by atoms with Gasteiger partial charge in [0.2, 0.25) is 5.91 Å². The van der Waals surface area contributed by atoms with Crippen LogP contribution in [0.1, 0.15) is 27.7 Å². The van der Waals surface area contributed by atoms with E-state index in [0.717, 1.165) is 0 Å². The summed E-state index contributed by atoms with van der Waals surface area (Å²) in [6, 6.07) is 0. The first-order valence-corrected chi connectivity index (χ1v) is 4.65. The number of hydrogen-bond acceptors (Lipinski definition) is 1. The second-order valence-corrected chi connectivity index (χ2v) is 4.51. The molecule has 3 heteroatoms. The van der Waals surface area contributed by atoms with Crippen molar-refractivity contribution < 1.29 is 4.79 Å². The summed E-state index contributed by atoms with van der Waals surface area (Å²) in [5.74, 6) is 2.65. The van der Waals surface area contributed by atoms with Crippen LogP contribution in [-0.2, 0) is 4.79 Å². The van der Waals surface area contributed by atoms with Crippen molar-refractivity contribution >= 4 is 17.5 Å². The molecule has 0 aliphatic heterocycles. The standard InChI is InChI=1S/C10H16ClNO/c1-6-10(4,5)12-8(13)9(2,3)7-11/h1H,7H2,2-5H3,(H,12,13). The predicted octanol–water partition coefficient (Wildman–Crippen LogP) is 1.78. The van der Waals surface area contributed by atoms with Crippen LogP contribution in [0.15, 0.2) is 0 Å². The van der Waals surface area contributed by atoms with Crippen LogP contribution in [0, 0.1) is 17.8 Å². The zero-order valence-electron chi connectivity index (χ0n) is 8.57. The minimum atomic E-state index is -0.611. The molecule has 0 spiro atoms. The highest BCUT2D eigenvalue weighted by atomic mass is 35.5. The van der Waals surface area contributed by atoms with Crippen LogP contribution in [0.25, 0.3) is 0 Å². The fourth-order valence-corrected chi connectivity index (χ4v) is 0.671. The van der Waals surface area contributed by atoms with E-state index in [0.29, 0.717) is 0 Å². The highest BCUT2D eigenvalue weighted by Gasteiger charge is 2.30. The van der Waals surface area contributed by atoms with E-state index in [1.807, 2.05) is 0 Å². The molecule has 0 aliphatic carbocycles. The molecular formula is C10H16ClNO. The van der Waals surface area contributed by atoms with Crippen LogP contribution in [0.3, 0.4) is 0 Å². The normalized spacial score (nSPS) is 12.0. The van der Waals surface area contributed by atoms with Gasteiger partial charge in [0.05, 0.1) is 11.0 Å². The van der Waals surface area contributed by atoms with E-state index >= 15 is 0 Å². The van der Waals surface area contributed by atoms with Crippen molar-refractivity contribution in [3.63, 3.8) is 0 Å². The SMILES string of the molecule is C#CC(C)(C)NC(=O)C(C)(C)CCl. The van der Waals surface area contributed by atoms with Gasteiger partial charge in [-0.25, -0.2) is 0 Å². The quantitative estimate of drug-likeness (QED) is 0.548. The molecule has 74 valence electrons. The first-order chi connectivity index (χ1) is 5.75. The molecule has 0 saturated carbocycles. The molecule has 1 amide bonds. The van der Waals surface area contributed by atoms with Crippen LogP contribution in [0.2, 0.25) is 0 Å². The van der Waals surface area contributed by atoms with E-state index in [-0.39, 0.29) is 11.8 Å². The predicted molar refractivity (Wildman–Crippen MR) is 55.6 cm³/mol. The summed E-state index contributed by atoms with van der Waals surface area (Å²) < 4.78 is 0. The molecule has 1 N–H and O–H groups in total. The van der Waals surface area contributed by atoms with Crippen molar-refractivity contribution in [2.45, 2.75) is 33.2 Å². The number of rotatable bonds is 3. The minimum Gasteiger partial charge on any atom is -0.340 e. The number of terminal acetylenes is 1. The Kier molecular flexibility index (Phi) is 3.81. The number of carbonyl (C=O) groups excluding carboxylic acids is 1. The van der Waals surface area contributed by atoms with E-state index in [2.05, 4.69) is 11.2 Å². The Morgan fingerprint density at radius 3 is 2.23 bits per heavy atom. The average molecular weight is 202 g/mol. The lowest BCUT2D eigenvalue weighted by Crippen LogP contribution is -2.48. The number of amides is 1. The molecule has 0 radical (unpaired) electrons. The maximum absolute atomic E-state index is 11.6. The van der Waals surface area contributed by atoms with Gasteiger partial charge in [0.1, 0.15) is 0 Å². The van der Waals surface area contributed by atoms with Gasteiger partial charge in [0.25, 0.3) is 0 Å². The fourth-order valence-electron chi connectivity index (χ4n) is 0.550. The lowest BCUT2D eigenvalue weighted by Gasteiger charge is -2.27. The van der Waals surface area contributed by atoms with Crippen LogP contribution >= 0.6 is 11.6 Å². The van der Waals surface area contributed by atoms with Gasteiger partial charge in [-0.05, 0) is 27.7 Å². The van der Waals surface area contributed by atoms with Crippen molar-refractivity contribution in [1.82, 2.24) is 5.32 Å². The van der Waals surface area contributed by atoms with Gasteiger partial charge in [-0.3, -0.25) is 4.79 Å². The average Bonchev–Trinajstić information content (AvgIpc) is 2.04. The molecular weight excluding hydrogens is 186 g/mol. The molecule has 2 nitrogen and oxygen atoms in total. The Labute approximate surface area is 85.0 Å². The number of halogens is 1. The van der Waals surface area contributed by atoms with Crippen LogP contribution in [0.5, 0.6) is 0 Å². The Bertz CT molecular complexity index is 238. The second-order valence-electron chi connectivity index (χ2n) is 4.24. The maximum atomic E-state index is 11.6. The Balaban J connectivity index is 4.43. The van der Waals surface area contributed by atoms with Crippen LogP contribution < -0.4 is 5.32 Å². The Hall–Kier alpha value is -0.680. The summed E-state index contributed by atoms with van der Waals surface area (Å²) in [6.07, 6.45) is 5.24. The van der Waals surface area contributed by atoms with Crippen molar-refractivity contribution in [3.05, 3.63) is 0 Å². The third-order valence-electron chi connectivity index (χ3n) is 1.74. The number of carbonyl (C=O) groups is 1. The van der Waals surface area contributed by atoms with Crippen LogP contribution in [0.4, 0.5) is 0 Å². The molecule has 0 fully saturated rings. The topological polar surface area (TPSA) is 29.1 Å². The summed E-state index contributed by atoms with van der Waals surface area (Å²) in [4.78, 5) is 11.6. The molecule has 0 atom stereocenters. The molecule has 0 saturated heterocycles. The Morgan fingerprint density at radius 1 is 1.46 bits per heavy atom. The molecule has 0 heterocycles. The maximum Gasteiger partial charge on any atom is 0.228 e. The lowest BCUT2D eigenvalue weighted by atomic mass is 9.93. The summed E-state index contributed by atoms with van der Waals surface area (Å²) in [6.45, 7) is 7.11. The van der Waals surface area contributed by atoms with Gasteiger partial charge in [-0.15, -0.1) is 18.0 Å². The van der Waals surface area contributed by atoms with E-state index in [1.54, 1.807) is 27.7 Å². The summed E-state index contributed by atoms with van der Waals surface area (Å²) in [7, 11) is 0. The molecule has 0 aromatic rings. The zero-order valence-corrected chi connectivity index (χ0v) is 9.33. The molecule has 0 aliphatic rings. The fraction of sp³-hybridized carbons (Fsp3) is 0.700. The van der Waals surface area contributed by atoms with E-state index in [4.69, 9.17) is 18.0 Å². The molecule has 0 unspecified atom stereocenters. The van der Waals surface area contributed by atoms with Gasteiger partial charge in [-0.1, -0.05) is 5.92 Å². The van der Waals surface area contributed by atoms with Gasteiger partial charge >= 0.3 is 0 Å². The van der Waals surface area contributed by atoms with Gasteiger partial charge in [0, 0.05) is 5.88 Å². The van der Waals surface area contributed by atoms with Crippen LogP contribution in [-0.4, -0.2) is 17.3 Å². The summed E-state index contributed by atoms with van der Waals surface area (Å²) >= 11 is 5.65. The first-order valence-electron chi connectivity index (χ1n) is 4.11. The van der Waals surface area contributed by atoms with Crippen molar-refractivity contribution in [3.8, 4) is 12.3 Å². The van der Waals surface area contributed by atoms with Gasteiger partial charge < -0.3 is 5.32 Å². The van der Waals surface area contributed by atoms with E-state index in [9.17, 15) is 4.79 Å². The number of alkyl halides is 1. The monoisotopic (exact) mass is 201 g/mol. The largest absolute Gasteiger partial charge is 0.340 e. The molecule has 0 aromatic carbocycles. The smallest absolute Gasteiger partial charge is 0.228 e. The zero-order chi connectivity index (χ0) is 10.7. The third-order valence-corrected chi connectivity index (χ3v) is 2.40. The van der Waals surface area contributed by atoms with Crippen molar-refractivity contribution in [2.75, 3.05) is 5.88 Å². The second kappa shape index (κ2) is 4.02. The summed E-state index contributed by atoms with van der Waals surface area (Å²) in [5.41, 5.74) is -1.18. The third kappa shape index (κ3) is 3.69. The number of nitrogens with one attached hydrogen (secondary N) is 1. The van der Waals surface area contributed by atoms with Crippen molar-refractivity contribution in [1.29, 1.82) is 0 Å². The molecule has 13 heavy (non-hydrogen) atoms. The van der Waals surface area contributed by atoms with E-state index in [1.165, 1.54) is 0 Å². The molecule has 0 aromatic heterocycles. The highest BCUT2D eigenvalue weighted by molar-refractivity contribution is 6.19. The van der Waals surface area contributed by atoms with Gasteiger partial charge in [0.15, 0.2) is 0 Å². The Morgan fingerprint density at radius 2 is 1.92 bits per heavy atom. The minimum absolute atomic E-state index is 0.120. The van der Waals surface area contributed by atoms with Gasteiger partial charge in [-0.2, -0.15) is 0 Å². The number of hydrogen-bond donors (Lipinski definition) is 1.